The number of Topliss-reactive ketones (excluding diaryl/α,β-unsaturated/α-hetero) is 1. The van der Waals surface area contributed by atoms with Gasteiger partial charge in [-0.1, -0.05) is 40.0 Å². The summed E-state index contributed by atoms with van der Waals surface area (Å²) in [5.41, 5.74) is 0. The first-order chi connectivity index (χ1) is 7.13. The SMILES string of the molecule is CCCC1CCC(=O)C(CCC(C)C)C1. The number of carbonyl (C=O) groups is 1. The summed E-state index contributed by atoms with van der Waals surface area (Å²) in [6.45, 7) is 6.74. The number of ketones is 1. The maximum Gasteiger partial charge on any atom is 0.135 e. The molecule has 0 saturated heterocycles. The summed E-state index contributed by atoms with van der Waals surface area (Å²) in [5, 5.41) is 0. The second kappa shape index (κ2) is 6.30. The van der Waals surface area contributed by atoms with Gasteiger partial charge in [-0.25, -0.2) is 0 Å². The normalized spacial score (nSPS) is 27.3. The highest BCUT2D eigenvalue weighted by Gasteiger charge is 2.27. The van der Waals surface area contributed by atoms with Crippen LogP contribution in [0.15, 0.2) is 0 Å². The highest BCUT2D eigenvalue weighted by molar-refractivity contribution is 5.81. The minimum absolute atomic E-state index is 0.401. The molecule has 0 N–H and O–H groups in total. The molecule has 0 heterocycles. The average molecular weight is 210 g/mol. The Morgan fingerprint density at radius 1 is 1.33 bits per heavy atom. The zero-order valence-corrected chi connectivity index (χ0v) is 10.6. The molecule has 1 rings (SSSR count). The Balaban J connectivity index is 2.36. The zero-order valence-electron chi connectivity index (χ0n) is 10.6. The van der Waals surface area contributed by atoms with E-state index in [1.54, 1.807) is 0 Å². The molecular weight excluding hydrogens is 184 g/mol. The molecule has 1 nitrogen and oxygen atoms in total. The van der Waals surface area contributed by atoms with Crippen LogP contribution < -0.4 is 0 Å². The fourth-order valence-corrected chi connectivity index (χ4v) is 2.69. The lowest BCUT2D eigenvalue weighted by molar-refractivity contribution is -0.126. The molecule has 1 fully saturated rings. The number of hydrogen-bond donors (Lipinski definition) is 0. The highest BCUT2D eigenvalue weighted by atomic mass is 16.1. The van der Waals surface area contributed by atoms with Gasteiger partial charge >= 0.3 is 0 Å². The van der Waals surface area contributed by atoms with E-state index >= 15 is 0 Å². The van der Waals surface area contributed by atoms with E-state index in [0.29, 0.717) is 11.7 Å². The molecule has 0 aromatic rings. The monoisotopic (exact) mass is 210 g/mol. The lowest BCUT2D eigenvalue weighted by Crippen LogP contribution is -2.25. The Hall–Kier alpha value is -0.330. The molecule has 1 saturated carbocycles. The van der Waals surface area contributed by atoms with Crippen LogP contribution in [0.4, 0.5) is 0 Å². The minimum Gasteiger partial charge on any atom is -0.299 e. The number of hydrogen-bond acceptors (Lipinski definition) is 1. The molecule has 0 aromatic carbocycles. The maximum absolute atomic E-state index is 11.8. The van der Waals surface area contributed by atoms with Gasteiger partial charge in [-0.3, -0.25) is 4.79 Å². The van der Waals surface area contributed by atoms with Crippen molar-refractivity contribution < 1.29 is 4.79 Å². The predicted molar refractivity (Wildman–Crippen MR) is 64.8 cm³/mol. The number of carbonyl (C=O) groups excluding carboxylic acids is 1. The van der Waals surface area contributed by atoms with Crippen molar-refractivity contribution in [2.45, 2.75) is 65.7 Å². The Morgan fingerprint density at radius 2 is 2.07 bits per heavy atom. The van der Waals surface area contributed by atoms with E-state index in [-0.39, 0.29) is 0 Å². The van der Waals surface area contributed by atoms with E-state index in [1.165, 1.54) is 25.7 Å². The molecule has 1 aliphatic carbocycles. The molecule has 0 bridgehead atoms. The summed E-state index contributed by atoms with van der Waals surface area (Å²) in [6.07, 6.45) is 8.14. The van der Waals surface area contributed by atoms with Gasteiger partial charge in [-0.15, -0.1) is 0 Å². The third-order valence-electron chi connectivity index (χ3n) is 3.66. The zero-order chi connectivity index (χ0) is 11.3. The Labute approximate surface area is 94.6 Å². The van der Waals surface area contributed by atoms with Gasteiger partial charge in [0.2, 0.25) is 0 Å². The van der Waals surface area contributed by atoms with Crippen LogP contribution in [0.3, 0.4) is 0 Å². The highest BCUT2D eigenvalue weighted by Crippen LogP contribution is 2.32. The molecule has 0 amide bonds. The summed E-state index contributed by atoms with van der Waals surface area (Å²) in [6, 6.07) is 0. The first kappa shape index (κ1) is 12.7. The number of rotatable bonds is 5. The van der Waals surface area contributed by atoms with Crippen LogP contribution in [0, 0.1) is 17.8 Å². The van der Waals surface area contributed by atoms with E-state index in [1.807, 2.05) is 0 Å². The third kappa shape index (κ3) is 4.36. The second-order valence-electron chi connectivity index (χ2n) is 5.56. The fourth-order valence-electron chi connectivity index (χ4n) is 2.69. The quantitative estimate of drug-likeness (QED) is 0.664. The molecule has 0 aromatic heterocycles. The maximum atomic E-state index is 11.8. The van der Waals surface area contributed by atoms with Crippen molar-refractivity contribution in [1.82, 2.24) is 0 Å². The standard InChI is InChI=1S/C14H26O/c1-4-5-12-7-9-14(15)13(10-12)8-6-11(2)3/h11-13H,4-10H2,1-3H3. The van der Waals surface area contributed by atoms with Crippen LogP contribution in [-0.4, -0.2) is 5.78 Å². The lowest BCUT2D eigenvalue weighted by Gasteiger charge is -2.28. The summed E-state index contributed by atoms with van der Waals surface area (Å²) in [7, 11) is 0. The van der Waals surface area contributed by atoms with Gasteiger partial charge in [0.05, 0.1) is 0 Å². The summed E-state index contributed by atoms with van der Waals surface area (Å²) in [5.74, 6) is 2.52. The van der Waals surface area contributed by atoms with E-state index in [9.17, 15) is 4.79 Å². The van der Waals surface area contributed by atoms with Crippen LogP contribution in [-0.2, 0) is 4.79 Å². The average Bonchev–Trinajstić information content (AvgIpc) is 2.19. The Morgan fingerprint density at radius 3 is 2.67 bits per heavy atom. The van der Waals surface area contributed by atoms with Gasteiger partial charge in [-0.05, 0) is 31.1 Å². The van der Waals surface area contributed by atoms with Gasteiger partial charge in [-0.2, -0.15) is 0 Å². The van der Waals surface area contributed by atoms with Gasteiger partial charge in [0.25, 0.3) is 0 Å². The van der Waals surface area contributed by atoms with Crippen LogP contribution in [0.25, 0.3) is 0 Å². The molecule has 2 atom stereocenters. The Bertz CT molecular complexity index is 196. The minimum atomic E-state index is 0.401. The smallest absolute Gasteiger partial charge is 0.135 e. The van der Waals surface area contributed by atoms with Crippen LogP contribution in [0.1, 0.15) is 65.7 Å². The first-order valence-electron chi connectivity index (χ1n) is 6.66. The van der Waals surface area contributed by atoms with E-state index in [0.717, 1.165) is 31.1 Å². The second-order valence-corrected chi connectivity index (χ2v) is 5.56. The van der Waals surface area contributed by atoms with Crippen molar-refractivity contribution in [2.24, 2.45) is 17.8 Å². The van der Waals surface area contributed by atoms with Gasteiger partial charge in [0, 0.05) is 12.3 Å². The van der Waals surface area contributed by atoms with Gasteiger partial charge in [0.1, 0.15) is 5.78 Å². The molecular formula is C14H26O. The van der Waals surface area contributed by atoms with Gasteiger partial charge in [0.15, 0.2) is 0 Å². The van der Waals surface area contributed by atoms with Crippen molar-refractivity contribution in [3.8, 4) is 0 Å². The molecule has 1 heteroatoms. The molecule has 0 radical (unpaired) electrons. The van der Waals surface area contributed by atoms with Crippen LogP contribution in [0.2, 0.25) is 0 Å². The van der Waals surface area contributed by atoms with Crippen LogP contribution >= 0.6 is 0 Å². The van der Waals surface area contributed by atoms with Crippen LogP contribution in [0.5, 0.6) is 0 Å². The summed E-state index contributed by atoms with van der Waals surface area (Å²) >= 11 is 0. The molecule has 1 aliphatic rings. The van der Waals surface area contributed by atoms with Gasteiger partial charge < -0.3 is 0 Å². The van der Waals surface area contributed by atoms with Crippen molar-refractivity contribution in [3.63, 3.8) is 0 Å². The lowest BCUT2D eigenvalue weighted by atomic mass is 9.76. The fraction of sp³-hybridized carbons (Fsp3) is 0.929. The van der Waals surface area contributed by atoms with Crippen molar-refractivity contribution in [3.05, 3.63) is 0 Å². The molecule has 88 valence electrons. The van der Waals surface area contributed by atoms with E-state index in [4.69, 9.17) is 0 Å². The van der Waals surface area contributed by atoms with Crippen molar-refractivity contribution >= 4 is 5.78 Å². The third-order valence-corrected chi connectivity index (χ3v) is 3.66. The molecule has 0 aliphatic heterocycles. The topological polar surface area (TPSA) is 17.1 Å². The van der Waals surface area contributed by atoms with E-state index < -0.39 is 0 Å². The molecule has 2 unspecified atom stereocenters. The van der Waals surface area contributed by atoms with E-state index in [2.05, 4.69) is 20.8 Å². The summed E-state index contributed by atoms with van der Waals surface area (Å²) in [4.78, 5) is 11.8. The largest absolute Gasteiger partial charge is 0.299 e. The van der Waals surface area contributed by atoms with Crippen molar-refractivity contribution in [2.75, 3.05) is 0 Å². The summed E-state index contributed by atoms with van der Waals surface area (Å²) < 4.78 is 0. The molecule has 15 heavy (non-hydrogen) atoms. The predicted octanol–water partition coefficient (Wildman–Crippen LogP) is 4.21. The van der Waals surface area contributed by atoms with Crippen molar-refractivity contribution in [1.29, 1.82) is 0 Å². The molecule has 0 spiro atoms. The Kier molecular flexibility index (Phi) is 5.35. The first-order valence-corrected chi connectivity index (χ1v) is 6.66.